The normalized spacial score (nSPS) is 18.3. The Hall–Kier alpha value is -0.890. The molecule has 1 aromatic heterocycles. The lowest BCUT2D eigenvalue weighted by Crippen LogP contribution is -2.41. The Morgan fingerprint density at radius 2 is 2.15 bits per heavy atom. The molecule has 1 unspecified atom stereocenters. The van der Waals surface area contributed by atoms with Crippen LogP contribution in [0.2, 0.25) is 5.02 Å². The monoisotopic (exact) mass is 318 g/mol. The number of likely N-dealkylation sites (tertiary alicyclic amines) is 1. The smallest absolute Gasteiger partial charge is 0.242 e. The van der Waals surface area contributed by atoms with E-state index in [1.54, 1.807) is 0 Å². The van der Waals surface area contributed by atoms with Gasteiger partial charge in [0.1, 0.15) is 10.7 Å². The van der Waals surface area contributed by atoms with E-state index in [0.29, 0.717) is 6.54 Å². The number of pyridine rings is 1. The third kappa shape index (κ3) is 3.82. The zero-order valence-electron chi connectivity index (χ0n) is 11.3. The van der Waals surface area contributed by atoms with Gasteiger partial charge in [0.15, 0.2) is 0 Å². The summed E-state index contributed by atoms with van der Waals surface area (Å²) in [6.07, 6.45) is 3.57. The number of nitrogen functional groups attached to an aromatic ring is 1. The molecule has 0 bridgehead atoms. The van der Waals surface area contributed by atoms with Gasteiger partial charge in [-0.25, -0.2) is 18.1 Å². The van der Waals surface area contributed by atoms with Gasteiger partial charge < -0.3 is 10.6 Å². The van der Waals surface area contributed by atoms with Crippen molar-refractivity contribution in [3.05, 3.63) is 17.3 Å². The van der Waals surface area contributed by atoms with E-state index in [1.807, 2.05) is 6.92 Å². The fourth-order valence-corrected chi connectivity index (χ4v) is 3.74. The number of halogens is 1. The maximum absolute atomic E-state index is 12.2. The molecule has 0 aromatic carbocycles. The highest BCUT2D eigenvalue weighted by Crippen LogP contribution is 2.20. The Morgan fingerprint density at radius 3 is 2.75 bits per heavy atom. The summed E-state index contributed by atoms with van der Waals surface area (Å²) in [6.45, 7) is 4.61. The minimum Gasteiger partial charge on any atom is -0.382 e. The summed E-state index contributed by atoms with van der Waals surface area (Å²) in [6, 6.07) is 1.14. The van der Waals surface area contributed by atoms with Crippen molar-refractivity contribution < 1.29 is 8.42 Å². The van der Waals surface area contributed by atoms with Gasteiger partial charge >= 0.3 is 0 Å². The van der Waals surface area contributed by atoms with Crippen LogP contribution in [-0.4, -0.2) is 44.0 Å². The van der Waals surface area contributed by atoms with E-state index in [0.717, 1.165) is 13.1 Å². The highest BCUT2D eigenvalue weighted by atomic mass is 35.5. The van der Waals surface area contributed by atoms with Crippen molar-refractivity contribution in [2.75, 3.05) is 25.4 Å². The van der Waals surface area contributed by atoms with Crippen LogP contribution >= 0.6 is 11.6 Å². The maximum atomic E-state index is 12.2. The molecule has 2 rings (SSSR count). The molecule has 0 aliphatic carbocycles. The summed E-state index contributed by atoms with van der Waals surface area (Å²) in [4.78, 5) is 6.06. The molecule has 1 fully saturated rings. The number of nitrogens with two attached hydrogens (primary N) is 1. The summed E-state index contributed by atoms with van der Waals surface area (Å²) in [5.74, 6) is 0.121. The topological polar surface area (TPSA) is 88.3 Å². The molecular weight excluding hydrogens is 300 g/mol. The second kappa shape index (κ2) is 6.26. The molecule has 1 aliphatic rings. The van der Waals surface area contributed by atoms with E-state index in [1.165, 1.54) is 25.1 Å². The van der Waals surface area contributed by atoms with Gasteiger partial charge in [-0.2, -0.15) is 0 Å². The summed E-state index contributed by atoms with van der Waals surface area (Å²) >= 11 is 5.81. The highest BCUT2D eigenvalue weighted by molar-refractivity contribution is 7.89. The average Bonchev–Trinajstić information content (AvgIpc) is 2.84. The lowest BCUT2D eigenvalue weighted by Gasteiger charge is -2.21. The second-order valence-corrected chi connectivity index (χ2v) is 7.19. The first-order valence-corrected chi connectivity index (χ1v) is 8.40. The molecule has 1 atom stereocenters. The number of hydrogen-bond donors (Lipinski definition) is 2. The molecule has 1 aromatic rings. The molecule has 0 amide bonds. The number of nitrogens with zero attached hydrogens (tertiary/aromatic N) is 2. The zero-order chi connectivity index (χ0) is 14.8. The summed E-state index contributed by atoms with van der Waals surface area (Å²) < 4.78 is 27.1. The molecule has 0 saturated carbocycles. The summed E-state index contributed by atoms with van der Waals surface area (Å²) in [5, 5.41) is 0.139. The largest absolute Gasteiger partial charge is 0.382 e. The van der Waals surface area contributed by atoms with Crippen LogP contribution in [0.5, 0.6) is 0 Å². The van der Waals surface area contributed by atoms with Crippen LogP contribution in [0.4, 0.5) is 5.82 Å². The van der Waals surface area contributed by atoms with E-state index in [-0.39, 0.29) is 21.8 Å². The van der Waals surface area contributed by atoms with Crippen molar-refractivity contribution in [1.29, 1.82) is 0 Å². The van der Waals surface area contributed by atoms with Crippen LogP contribution in [0.3, 0.4) is 0 Å². The Balaban J connectivity index is 2.03. The molecule has 0 spiro atoms. The van der Waals surface area contributed by atoms with Crippen molar-refractivity contribution in [2.24, 2.45) is 0 Å². The van der Waals surface area contributed by atoms with Gasteiger partial charge in [-0.3, -0.25) is 0 Å². The lowest BCUT2D eigenvalue weighted by molar-refractivity contribution is 0.313. The van der Waals surface area contributed by atoms with Crippen molar-refractivity contribution in [3.8, 4) is 0 Å². The first-order valence-electron chi connectivity index (χ1n) is 6.54. The third-order valence-electron chi connectivity index (χ3n) is 3.24. The second-order valence-electron chi connectivity index (χ2n) is 5.07. The number of sulfonamides is 1. The molecule has 8 heteroatoms. The first-order chi connectivity index (χ1) is 9.38. The SMILES string of the molecule is CC(CN1CCCC1)NS(=O)(=O)c1cnc(N)c(Cl)c1. The van der Waals surface area contributed by atoms with Crippen LogP contribution in [0.15, 0.2) is 17.2 Å². The van der Waals surface area contributed by atoms with Gasteiger partial charge in [0.05, 0.1) is 5.02 Å². The predicted octanol–water partition coefficient (Wildman–Crippen LogP) is 1.08. The average molecular weight is 319 g/mol. The molecule has 20 heavy (non-hydrogen) atoms. The number of aromatic nitrogens is 1. The van der Waals surface area contributed by atoms with Gasteiger partial charge in [0.2, 0.25) is 10.0 Å². The molecular formula is C12H19ClN4O2S. The predicted molar refractivity (Wildman–Crippen MR) is 79.1 cm³/mol. The van der Waals surface area contributed by atoms with Gasteiger partial charge in [0, 0.05) is 18.8 Å². The van der Waals surface area contributed by atoms with E-state index in [2.05, 4.69) is 14.6 Å². The van der Waals surface area contributed by atoms with Gasteiger partial charge in [-0.05, 0) is 38.9 Å². The molecule has 3 N–H and O–H groups in total. The van der Waals surface area contributed by atoms with E-state index < -0.39 is 10.0 Å². The first kappa shape index (κ1) is 15.5. The summed E-state index contributed by atoms with van der Waals surface area (Å²) in [7, 11) is -3.62. The zero-order valence-corrected chi connectivity index (χ0v) is 12.9. The van der Waals surface area contributed by atoms with Gasteiger partial charge in [-0.15, -0.1) is 0 Å². The van der Waals surface area contributed by atoms with Crippen molar-refractivity contribution >= 4 is 27.4 Å². The Morgan fingerprint density at radius 1 is 1.50 bits per heavy atom. The molecule has 0 radical (unpaired) electrons. The van der Waals surface area contributed by atoms with E-state index in [4.69, 9.17) is 17.3 Å². The number of hydrogen-bond acceptors (Lipinski definition) is 5. The number of nitrogens with one attached hydrogen (secondary N) is 1. The lowest BCUT2D eigenvalue weighted by atomic mass is 10.3. The molecule has 112 valence electrons. The van der Waals surface area contributed by atoms with Crippen molar-refractivity contribution in [3.63, 3.8) is 0 Å². The molecule has 6 nitrogen and oxygen atoms in total. The molecule has 1 saturated heterocycles. The van der Waals surface area contributed by atoms with Crippen LogP contribution in [0.1, 0.15) is 19.8 Å². The summed E-state index contributed by atoms with van der Waals surface area (Å²) in [5.41, 5.74) is 5.48. The third-order valence-corrected chi connectivity index (χ3v) is 5.10. The van der Waals surface area contributed by atoms with E-state index >= 15 is 0 Å². The minimum atomic E-state index is -3.62. The molecule has 2 heterocycles. The molecule has 1 aliphatic heterocycles. The minimum absolute atomic E-state index is 0.0324. The van der Waals surface area contributed by atoms with Crippen LogP contribution in [0, 0.1) is 0 Å². The van der Waals surface area contributed by atoms with Crippen molar-refractivity contribution in [1.82, 2.24) is 14.6 Å². The Bertz CT molecular complexity index is 573. The Kier molecular flexibility index (Phi) is 4.85. The van der Waals surface area contributed by atoms with Gasteiger partial charge in [-0.1, -0.05) is 11.6 Å². The van der Waals surface area contributed by atoms with Crippen LogP contribution < -0.4 is 10.5 Å². The number of anilines is 1. The number of rotatable bonds is 5. The van der Waals surface area contributed by atoms with Crippen LogP contribution in [0.25, 0.3) is 0 Å². The highest BCUT2D eigenvalue weighted by Gasteiger charge is 2.21. The van der Waals surface area contributed by atoms with Crippen LogP contribution in [-0.2, 0) is 10.0 Å². The maximum Gasteiger partial charge on any atom is 0.242 e. The fraction of sp³-hybridized carbons (Fsp3) is 0.583. The standard InChI is InChI=1S/C12H19ClN4O2S/c1-9(8-17-4-2-3-5-17)16-20(18,19)10-6-11(13)12(14)15-7-10/h6-7,9,16H,2-5,8H2,1H3,(H2,14,15). The van der Waals surface area contributed by atoms with E-state index in [9.17, 15) is 8.42 Å². The van der Waals surface area contributed by atoms with Crippen molar-refractivity contribution in [2.45, 2.75) is 30.7 Å². The fourth-order valence-electron chi connectivity index (χ4n) is 2.30. The Labute approximate surface area is 124 Å². The van der Waals surface area contributed by atoms with Gasteiger partial charge in [0.25, 0.3) is 0 Å². The quantitative estimate of drug-likeness (QED) is 0.848.